The minimum absolute atomic E-state index is 0.0417. The molecule has 5 nitrogen and oxygen atoms in total. The molecule has 1 aliphatic rings. The molecular formula is C18H17NO4. The molecule has 0 aliphatic heterocycles. The quantitative estimate of drug-likeness (QED) is 0.511. The lowest BCUT2D eigenvalue weighted by atomic mass is 9.82. The van der Waals surface area contributed by atoms with E-state index in [1.165, 1.54) is 6.07 Å². The van der Waals surface area contributed by atoms with Crippen LogP contribution in [0.15, 0.2) is 30.3 Å². The molecule has 0 spiro atoms. The maximum atomic E-state index is 12.7. The van der Waals surface area contributed by atoms with Crippen LogP contribution in [-0.2, 0) is 0 Å². The summed E-state index contributed by atoms with van der Waals surface area (Å²) in [6, 6.07) is 7.74. The van der Waals surface area contributed by atoms with Crippen LogP contribution >= 0.6 is 0 Å². The Morgan fingerprint density at radius 3 is 2.17 bits per heavy atom. The van der Waals surface area contributed by atoms with Crippen LogP contribution in [0.4, 0.5) is 5.69 Å². The zero-order chi connectivity index (χ0) is 16.7. The van der Waals surface area contributed by atoms with Gasteiger partial charge in [0.2, 0.25) is 0 Å². The number of phenols is 2. The highest BCUT2D eigenvalue weighted by Crippen LogP contribution is 2.42. The lowest BCUT2D eigenvalue weighted by Gasteiger charge is -2.22. The van der Waals surface area contributed by atoms with Crippen LogP contribution in [0, 0.1) is 0 Å². The van der Waals surface area contributed by atoms with Crippen molar-refractivity contribution in [1.82, 2.24) is 0 Å². The van der Waals surface area contributed by atoms with Gasteiger partial charge in [0.05, 0.1) is 16.8 Å². The molecule has 0 aromatic heterocycles. The third kappa shape index (κ3) is 2.25. The van der Waals surface area contributed by atoms with Crippen LogP contribution in [0.2, 0.25) is 0 Å². The summed E-state index contributed by atoms with van der Waals surface area (Å²) in [5.74, 6) is -1.53. The maximum absolute atomic E-state index is 12.7. The molecule has 0 heterocycles. The van der Waals surface area contributed by atoms with Gasteiger partial charge in [0.25, 0.3) is 0 Å². The van der Waals surface area contributed by atoms with E-state index in [1.54, 1.807) is 24.3 Å². The Balaban J connectivity index is 2.22. The van der Waals surface area contributed by atoms with Gasteiger partial charge >= 0.3 is 0 Å². The first-order valence-electron chi connectivity index (χ1n) is 7.49. The van der Waals surface area contributed by atoms with Gasteiger partial charge in [-0.25, -0.2) is 0 Å². The molecule has 0 saturated heterocycles. The smallest absolute Gasteiger partial charge is 0.198 e. The third-order valence-corrected chi connectivity index (χ3v) is 4.16. The zero-order valence-corrected chi connectivity index (χ0v) is 12.9. The molecule has 0 fully saturated rings. The summed E-state index contributed by atoms with van der Waals surface area (Å²) in [7, 11) is 0. The Morgan fingerprint density at radius 2 is 1.61 bits per heavy atom. The van der Waals surface area contributed by atoms with Crippen LogP contribution in [0.25, 0.3) is 0 Å². The summed E-state index contributed by atoms with van der Waals surface area (Å²) in [5.41, 5.74) is 0.444. The number of carbonyl (C=O) groups is 2. The van der Waals surface area contributed by atoms with Crippen molar-refractivity contribution in [2.75, 3.05) is 5.32 Å². The number of anilines is 1. The number of carbonyl (C=O) groups excluding carboxylic acids is 2. The minimum Gasteiger partial charge on any atom is -0.507 e. The number of fused-ring (bicyclic) bond motifs is 2. The number of hydrogen-bond donors (Lipinski definition) is 3. The molecule has 2 aromatic rings. The van der Waals surface area contributed by atoms with Gasteiger partial charge in [-0.2, -0.15) is 0 Å². The van der Waals surface area contributed by atoms with E-state index in [9.17, 15) is 19.8 Å². The second-order valence-electron chi connectivity index (χ2n) is 5.70. The summed E-state index contributed by atoms with van der Waals surface area (Å²) in [5, 5.41) is 23.7. The monoisotopic (exact) mass is 311 g/mol. The van der Waals surface area contributed by atoms with Crippen molar-refractivity contribution in [2.24, 2.45) is 0 Å². The number of ketones is 2. The summed E-state index contributed by atoms with van der Waals surface area (Å²) in [6.45, 7) is 3.89. The predicted molar refractivity (Wildman–Crippen MR) is 86.5 cm³/mol. The van der Waals surface area contributed by atoms with Crippen molar-refractivity contribution in [2.45, 2.75) is 26.3 Å². The Kier molecular flexibility index (Phi) is 3.56. The van der Waals surface area contributed by atoms with E-state index >= 15 is 0 Å². The fourth-order valence-electron chi connectivity index (χ4n) is 2.74. The average molecular weight is 311 g/mol. The summed E-state index contributed by atoms with van der Waals surface area (Å²) in [6.07, 6.45) is 0.799. The first-order valence-corrected chi connectivity index (χ1v) is 7.49. The van der Waals surface area contributed by atoms with E-state index in [4.69, 9.17) is 0 Å². The van der Waals surface area contributed by atoms with E-state index in [1.807, 2.05) is 13.8 Å². The molecule has 0 amide bonds. The second-order valence-corrected chi connectivity index (χ2v) is 5.70. The number of phenolic OH excluding ortho intramolecular Hbond substituents is 2. The molecule has 23 heavy (non-hydrogen) atoms. The van der Waals surface area contributed by atoms with Crippen LogP contribution in [0.3, 0.4) is 0 Å². The van der Waals surface area contributed by atoms with Crippen molar-refractivity contribution in [3.05, 3.63) is 52.6 Å². The molecule has 3 rings (SSSR count). The van der Waals surface area contributed by atoms with Gasteiger partial charge in [-0.1, -0.05) is 31.2 Å². The number of benzene rings is 2. The van der Waals surface area contributed by atoms with Crippen molar-refractivity contribution < 1.29 is 19.8 Å². The van der Waals surface area contributed by atoms with Gasteiger partial charge in [0.1, 0.15) is 5.75 Å². The lowest BCUT2D eigenvalue weighted by molar-refractivity contribution is 0.0974. The molecule has 5 heteroatoms. The first-order chi connectivity index (χ1) is 11.0. The highest BCUT2D eigenvalue weighted by atomic mass is 16.3. The standard InChI is InChI=1S/C18H17NO4/c1-3-9(2)19-12-8-13(20)14-15(18(12)23)17(22)11-7-5-4-6-10(11)16(14)21/h4-9,19-20,23H,3H2,1-2H3. The maximum Gasteiger partial charge on any atom is 0.198 e. The topological polar surface area (TPSA) is 86.6 Å². The Bertz CT molecular complexity index is 826. The van der Waals surface area contributed by atoms with Crippen LogP contribution in [0.5, 0.6) is 11.5 Å². The second kappa shape index (κ2) is 5.43. The highest BCUT2D eigenvalue weighted by Gasteiger charge is 2.35. The van der Waals surface area contributed by atoms with Crippen molar-refractivity contribution in [1.29, 1.82) is 0 Å². The highest BCUT2D eigenvalue weighted by molar-refractivity contribution is 6.30. The molecule has 1 aliphatic carbocycles. The van der Waals surface area contributed by atoms with Crippen LogP contribution in [0.1, 0.15) is 52.1 Å². The Hall–Kier alpha value is -2.82. The zero-order valence-electron chi connectivity index (χ0n) is 12.9. The Morgan fingerprint density at radius 1 is 1.04 bits per heavy atom. The normalized spacial score (nSPS) is 14.2. The molecule has 2 aromatic carbocycles. The lowest BCUT2D eigenvalue weighted by Crippen LogP contribution is -2.22. The fraction of sp³-hybridized carbons (Fsp3) is 0.222. The van der Waals surface area contributed by atoms with Gasteiger partial charge in [-0.05, 0) is 13.3 Å². The van der Waals surface area contributed by atoms with Crippen molar-refractivity contribution >= 4 is 17.3 Å². The number of nitrogens with one attached hydrogen (secondary N) is 1. The van der Waals surface area contributed by atoms with Gasteiger partial charge in [-0.15, -0.1) is 0 Å². The fourth-order valence-corrected chi connectivity index (χ4v) is 2.74. The summed E-state index contributed by atoms with van der Waals surface area (Å²) in [4.78, 5) is 25.3. The van der Waals surface area contributed by atoms with E-state index in [-0.39, 0.29) is 45.5 Å². The van der Waals surface area contributed by atoms with E-state index in [0.29, 0.717) is 0 Å². The predicted octanol–water partition coefficient (Wildman–Crippen LogP) is 3.08. The molecule has 3 N–H and O–H groups in total. The van der Waals surface area contributed by atoms with Crippen LogP contribution in [-0.4, -0.2) is 27.8 Å². The third-order valence-electron chi connectivity index (χ3n) is 4.16. The molecule has 0 bridgehead atoms. The van der Waals surface area contributed by atoms with Gasteiger partial charge < -0.3 is 15.5 Å². The van der Waals surface area contributed by atoms with Gasteiger partial charge in [0, 0.05) is 23.2 Å². The summed E-state index contributed by atoms with van der Waals surface area (Å²) >= 11 is 0. The van der Waals surface area contributed by atoms with Gasteiger partial charge in [0.15, 0.2) is 17.3 Å². The SMILES string of the molecule is CCC(C)Nc1cc(O)c2c(c1O)C(=O)c1ccccc1C2=O. The number of rotatable bonds is 3. The molecule has 1 atom stereocenters. The number of aromatic hydroxyl groups is 2. The Labute approximate surface area is 133 Å². The molecule has 118 valence electrons. The van der Waals surface area contributed by atoms with E-state index < -0.39 is 11.6 Å². The minimum atomic E-state index is -0.462. The van der Waals surface area contributed by atoms with Crippen molar-refractivity contribution in [3.63, 3.8) is 0 Å². The van der Waals surface area contributed by atoms with Crippen molar-refractivity contribution in [3.8, 4) is 11.5 Å². The summed E-state index contributed by atoms with van der Waals surface area (Å²) < 4.78 is 0. The average Bonchev–Trinajstić information content (AvgIpc) is 2.55. The number of hydrogen-bond acceptors (Lipinski definition) is 5. The van der Waals surface area contributed by atoms with E-state index in [2.05, 4.69) is 5.32 Å². The molecule has 0 radical (unpaired) electrons. The molecule has 1 unspecified atom stereocenters. The first kappa shape index (κ1) is 15.1. The molecular weight excluding hydrogens is 294 g/mol. The van der Waals surface area contributed by atoms with E-state index in [0.717, 1.165) is 6.42 Å². The largest absolute Gasteiger partial charge is 0.507 e. The van der Waals surface area contributed by atoms with Gasteiger partial charge in [-0.3, -0.25) is 9.59 Å². The molecule has 0 saturated carbocycles. The van der Waals surface area contributed by atoms with Crippen LogP contribution < -0.4 is 5.32 Å².